The molecule has 1 aromatic heterocycles. The molecule has 0 amide bonds. The predicted molar refractivity (Wildman–Crippen MR) is 44.2 cm³/mol. The van der Waals surface area contributed by atoms with Crippen molar-refractivity contribution in [1.82, 2.24) is 10.2 Å². The zero-order chi connectivity index (χ0) is 7.84. The van der Waals surface area contributed by atoms with Gasteiger partial charge in [-0.1, -0.05) is 11.5 Å². The summed E-state index contributed by atoms with van der Waals surface area (Å²) in [5, 5.41) is 7.00. The highest BCUT2D eigenvalue weighted by molar-refractivity contribution is 6.33. The third-order valence-electron chi connectivity index (χ3n) is 1.75. The second-order valence-electron chi connectivity index (χ2n) is 2.53. The first-order valence-electron chi connectivity index (χ1n) is 3.37. The molecule has 11 heavy (non-hydrogen) atoms. The Hall–Kier alpha value is -1.32. The summed E-state index contributed by atoms with van der Waals surface area (Å²) < 4.78 is 13.2. The Morgan fingerprint density at radius 1 is 1.45 bits per heavy atom. The fourth-order valence-corrected chi connectivity index (χ4v) is 1.09. The molecule has 0 spiro atoms. The molecule has 4 heteroatoms. The number of halogens is 1. The van der Waals surface area contributed by atoms with E-state index in [4.69, 9.17) is 0 Å². The van der Waals surface area contributed by atoms with Crippen LogP contribution in [0.4, 0.5) is 4.39 Å². The average Bonchev–Trinajstić information content (AvgIpc) is 2.45. The monoisotopic (exact) mass is 148 g/mol. The van der Waals surface area contributed by atoms with Crippen LogP contribution in [0.1, 0.15) is 0 Å². The van der Waals surface area contributed by atoms with Crippen molar-refractivity contribution in [1.29, 1.82) is 0 Å². The Kier molecular flexibility index (Phi) is 1.21. The summed E-state index contributed by atoms with van der Waals surface area (Å²) >= 11 is 0. The second kappa shape index (κ2) is 2.08. The quantitative estimate of drug-likeness (QED) is 0.521. The minimum atomic E-state index is -0.184. The summed E-state index contributed by atoms with van der Waals surface area (Å²) in [5.74, 6) is -0.184. The number of aromatic amines is 1. The Bertz CT molecular complexity index is 396. The molecule has 0 aliphatic heterocycles. The van der Waals surface area contributed by atoms with Crippen LogP contribution >= 0.6 is 0 Å². The molecule has 1 N–H and O–H groups in total. The number of fused-ring (bicyclic) bond motifs is 1. The summed E-state index contributed by atoms with van der Waals surface area (Å²) in [7, 11) is 1.74. The van der Waals surface area contributed by atoms with Crippen LogP contribution in [-0.2, 0) is 0 Å². The Morgan fingerprint density at radius 2 is 2.27 bits per heavy atom. The Balaban J connectivity index is 2.93. The highest BCUT2D eigenvalue weighted by atomic mass is 19.1. The van der Waals surface area contributed by atoms with Crippen LogP contribution in [0, 0.1) is 5.82 Å². The lowest BCUT2D eigenvalue weighted by atomic mass is 9.94. The summed E-state index contributed by atoms with van der Waals surface area (Å²) in [6.07, 6.45) is 1.50. The summed E-state index contributed by atoms with van der Waals surface area (Å²) in [6.45, 7) is 0. The third kappa shape index (κ3) is 0.825. The first kappa shape index (κ1) is 6.40. The molecule has 0 aliphatic rings. The van der Waals surface area contributed by atoms with Crippen LogP contribution < -0.4 is 5.46 Å². The van der Waals surface area contributed by atoms with Gasteiger partial charge in [0.2, 0.25) is 0 Å². The Labute approximate surface area is 63.8 Å². The predicted octanol–water partition coefficient (Wildman–Crippen LogP) is -0.0396. The lowest BCUT2D eigenvalue weighted by Crippen LogP contribution is -2.07. The van der Waals surface area contributed by atoms with Gasteiger partial charge in [0, 0.05) is 0 Å². The number of benzene rings is 1. The van der Waals surface area contributed by atoms with E-state index in [0.717, 1.165) is 5.52 Å². The van der Waals surface area contributed by atoms with E-state index >= 15 is 0 Å². The molecule has 0 atom stereocenters. The van der Waals surface area contributed by atoms with Gasteiger partial charge in [-0.3, -0.25) is 5.10 Å². The summed E-state index contributed by atoms with van der Waals surface area (Å²) in [4.78, 5) is 0. The van der Waals surface area contributed by atoms with E-state index < -0.39 is 0 Å². The molecule has 1 aromatic carbocycles. The number of hydrogen-bond donors (Lipinski definition) is 1. The number of hydrogen-bond acceptors (Lipinski definition) is 1. The van der Waals surface area contributed by atoms with E-state index in [1.807, 2.05) is 6.07 Å². The molecule has 0 aliphatic carbocycles. The van der Waals surface area contributed by atoms with Gasteiger partial charge in [-0.15, -0.1) is 0 Å². The van der Waals surface area contributed by atoms with Crippen molar-refractivity contribution in [3.05, 3.63) is 24.1 Å². The van der Waals surface area contributed by atoms with Crippen molar-refractivity contribution in [3.63, 3.8) is 0 Å². The number of nitrogens with zero attached hydrogens (tertiary/aromatic N) is 1. The molecule has 0 unspecified atom stereocenters. The molecule has 0 bridgehead atoms. The highest BCUT2D eigenvalue weighted by Gasteiger charge is 2.03. The number of nitrogens with one attached hydrogen (secondary N) is 1. The number of H-pyrrole nitrogens is 1. The maximum atomic E-state index is 13.2. The SMILES string of the molecule is Bc1ccc2[nH]ncc2c1F. The van der Waals surface area contributed by atoms with Crippen molar-refractivity contribution in [2.24, 2.45) is 0 Å². The van der Waals surface area contributed by atoms with E-state index in [-0.39, 0.29) is 5.82 Å². The van der Waals surface area contributed by atoms with Crippen LogP contribution in [0.3, 0.4) is 0 Å². The van der Waals surface area contributed by atoms with Crippen molar-refractivity contribution < 1.29 is 4.39 Å². The number of aromatic nitrogens is 2. The molecule has 0 fully saturated rings. The largest absolute Gasteiger partial charge is 0.278 e. The van der Waals surface area contributed by atoms with Gasteiger partial charge in [0.25, 0.3) is 0 Å². The first-order valence-corrected chi connectivity index (χ1v) is 3.37. The minimum Gasteiger partial charge on any atom is -0.278 e. The van der Waals surface area contributed by atoms with Gasteiger partial charge in [0.05, 0.1) is 17.1 Å². The van der Waals surface area contributed by atoms with E-state index in [0.29, 0.717) is 10.8 Å². The third-order valence-corrected chi connectivity index (χ3v) is 1.75. The molecule has 1 heterocycles. The van der Waals surface area contributed by atoms with Crippen LogP contribution in [0.15, 0.2) is 18.3 Å². The van der Waals surface area contributed by atoms with Gasteiger partial charge < -0.3 is 0 Å². The molecule has 0 radical (unpaired) electrons. The van der Waals surface area contributed by atoms with Crippen molar-refractivity contribution >= 4 is 24.2 Å². The maximum Gasteiger partial charge on any atom is 0.143 e. The van der Waals surface area contributed by atoms with Gasteiger partial charge in [0.15, 0.2) is 0 Å². The molecule has 2 aromatic rings. The lowest BCUT2D eigenvalue weighted by Gasteiger charge is -1.94. The molecular formula is C7H6BFN2. The molecular weight excluding hydrogens is 142 g/mol. The van der Waals surface area contributed by atoms with Crippen LogP contribution in [0.25, 0.3) is 10.9 Å². The normalized spacial score (nSPS) is 10.6. The molecule has 2 nitrogen and oxygen atoms in total. The van der Waals surface area contributed by atoms with E-state index in [1.54, 1.807) is 13.9 Å². The molecule has 0 saturated heterocycles. The average molecular weight is 148 g/mol. The standard InChI is InChI=1S/C7H6BFN2/c8-5-1-2-6-4(7(5)9)3-10-11-6/h1-3H,8H2,(H,10,11). The molecule has 0 saturated carbocycles. The van der Waals surface area contributed by atoms with Gasteiger partial charge in [-0.2, -0.15) is 5.10 Å². The summed E-state index contributed by atoms with van der Waals surface area (Å²) in [6, 6.07) is 3.55. The van der Waals surface area contributed by atoms with Crippen LogP contribution in [0.2, 0.25) is 0 Å². The maximum absolute atomic E-state index is 13.2. The molecule has 2 rings (SSSR count). The van der Waals surface area contributed by atoms with Crippen LogP contribution in [-0.4, -0.2) is 18.0 Å². The topological polar surface area (TPSA) is 28.7 Å². The van der Waals surface area contributed by atoms with E-state index in [1.165, 1.54) is 6.20 Å². The van der Waals surface area contributed by atoms with E-state index in [2.05, 4.69) is 10.2 Å². The highest BCUT2D eigenvalue weighted by Crippen LogP contribution is 2.11. The number of rotatable bonds is 0. The fraction of sp³-hybridized carbons (Fsp3) is 0. The Morgan fingerprint density at radius 3 is 3.09 bits per heavy atom. The zero-order valence-corrected chi connectivity index (χ0v) is 6.06. The van der Waals surface area contributed by atoms with Crippen molar-refractivity contribution in [2.45, 2.75) is 0 Å². The van der Waals surface area contributed by atoms with Gasteiger partial charge in [-0.05, 0) is 6.07 Å². The van der Waals surface area contributed by atoms with E-state index in [9.17, 15) is 4.39 Å². The molecule has 54 valence electrons. The zero-order valence-electron chi connectivity index (χ0n) is 6.06. The minimum absolute atomic E-state index is 0.184. The smallest absolute Gasteiger partial charge is 0.143 e. The van der Waals surface area contributed by atoms with Gasteiger partial charge in [-0.25, -0.2) is 4.39 Å². The summed E-state index contributed by atoms with van der Waals surface area (Å²) in [5.41, 5.74) is 1.40. The van der Waals surface area contributed by atoms with Gasteiger partial charge in [0.1, 0.15) is 13.7 Å². The first-order chi connectivity index (χ1) is 5.29. The second-order valence-corrected chi connectivity index (χ2v) is 2.53. The fourth-order valence-electron chi connectivity index (χ4n) is 1.09. The van der Waals surface area contributed by atoms with Gasteiger partial charge >= 0.3 is 0 Å². The lowest BCUT2D eigenvalue weighted by molar-refractivity contribution is 0.648. The van der Waals surface area contributed by atoms with Crippen LogP contribution in [0.5, 0.6) is 0 Å². The van der Waals surface area contributed by atoms with Crippen molar-refractivity contribution in [2.75, 3.05) is 0 Å². The van der Waals surface area contributed by atoms with Crippen molar-refractivity contribution in [3.8, 4) is 0 Å².